The van der Waals surface area contributed by atoms with Gasteiger partial charge in [-0.3, -0.25) is 0 Å². The summed E-state index contributed by atoms with van der Waals surface area (Å²) in [4.78, 5) is 0. The van der Waals surface area contributed by atoms with Crippen LogP contribution in [-0.2, 0) is 0 Å². The van der Waals surface area contributed by atoms with Gasteiger partial charge in [0.05, 0.1) is 5.83 Å². The molecule has 2 unspecified atom stereocenters. The Morgan fingerprint density at radius 3 is 2.75 bits per heavy atom. The first-order valence-electron chi connectivity index (χ1n) is 4.38. The quantitative estimate of drug-likeness (QED) is 0.483. The molecule has 2 atom stereocenters. The minimum atomic E-state index is 0. The summed E-state index contributed by atoms with van der Waals surface area (Å²) < 4.78 is 13.1. The molecule has 0 aliphatic heterocycles. The maximum atomic E-state index is 13.1. The van der Waals surface area contributed by atoms with Gasteiger partial charge < -0.3 is 0 Å². The van der Waals surface area contributed by atoms with E-state index in [0.29, 0.717) is 5.92 Å². The topological polar surface area (TPSA) is 0 Å². The second-order valence-electron chi connectivity index (χ2n) is 3.48. The van der Waals surface area contributed by atoms with Crippen molar-refractivity contribution >= 4 is 0 Å². The Bertz CT molecular complexity index is 203. The molecule has 66 valence electrons. The summed E-state index contributed by atoms with van der Waals surface area (Å²) in [7, 11) is 0. The highest BCUT2D eigenvalue weighted by Gasteiger charge is 2.28. The van der Waals surface area contributed by atoms with Crippen molar-refractivity contribution in [2.75, 3.05) is 0 Å². The Morgan fingerprint density at radius 1 is 1.25 bits per heavy atom. The van der Waals surface area contributed by atoms with E-state index in [4.69, 9.17) is 0 Å². The van der Waals surface area contributed by atoms with Crippen LogP contribution in [0.3, 0.4) is 0 Å². The van der Waals surface area contributed by atoms with Gasteiger partial charge in [-0.25, -0.2) is 4.39 Å². The Labute approximate surface area is 74.2 Å². The number of hydrogen-bond acceptors (Lipinski definition) is 0. The summed E-state index contributed by atoms with van der Waals surface area (Å²) in [5, 5.41) is 0. The van der Waals surface area contributed by atoms with Gasteiger partial charge in [0.2, 0.25) is 0 Å². The molecule has 0 heterocycles. The fraction of sp³-hybridized carbons (Fsp3) is 0.545. The Hall–Kier alpha value is -0.590. The maximum absolute atomic E-state index is 13.1. The van der Waals surface area contributed by atoms with Crippen LogP contribution in [0.4, 0.5) is 4.39 Å². The predicted octanol–water partition coefficient (Wildman–Crippen LogP) is 3.54. The molecule has 0 aromatic heterocycles. The number of rotatable bonds is 0. The van der Waals surface area contributed by atoms with E-state index in [9.17, 15) is 4.39 Å². The number of hydrogen-bond donors (Lipinski definition) is 0. The van der Waals surface area contributed by atoms with E-state index in [2.05, 4.69) is 12.2 Å². The lowest BCUT2D eigenvalue weighted by Gasteiger charge is -2.30. The summed E-state index contributed by atoms with van der Waals surface area (Å²) in [6, 6.07) is 0. The van der Waals surface area contributed by atoms with Gasteiger partial charge in [-0.15, -0.1) is 0 Å². The van der Waals surface area contributed by atoms with Crippen LogP contribution in [0.1, 0.15) is 25.7 Å². The van der Waals surface area contributed by atoms with Crippen LogP contribution in [0.25, 0.3) is 0 Å². The largest absolute Gasteiger partial charge is 0.212 e. The van der Waals surface area contributed by atoms with Crippen molar-refractivity contribution in [1.82, 2.24) is 0 Å². The van der Waals surface area contributed by atoms with Gasteiger partial charge >= 0.3 is 0 Å². The molecule has 0 aromatic rings. The van der Waals surface area contributed by atoms with E-state index in [1.165, 1.54) is 6.42 Å². The van der Waals surface area contributed by atoms with Crippen LogP contribution < -0.4 is 0 Å². The summed E-state index contributed by atoms with van der Waals surface area (Å²) in [6.07, 6.45) is 10.2. The first kappa shape index (κ1) is 9.50. The number of fused-ring (bicyclic) bond motifs is 1. The van der Waals surface area contributed by atoms with E-state index >= 15 is 0 Å². The summed E-state index contributed by atoms with van der Waals surface area (Å²) in [6.45, 7) is 0. The zero-order chi connectivity index (χ0) is 7.68. The van der Waals surface area contributed by atoms with Gasteiger partial charge in [-0.05, 0) is 31.6 Å². The molecule has 0 nitrogen and oxygen atoms in total. The molecule has 12 heavy (non-hydrogen) atoms. The second-order valence-corrected chi connectivity index (χ2v) is 3.48. The molecule has 2 aliphatic rings. The molecule has 2 aliphatic carbocycles. The van der Waals surface area contributed by atoms with Crippen molar-refractivity contribution < 1.29 is 4.39 Å². The lowest BCUT2D eigenvalue weighted by molar-refractivity contribution is 0.282. The van der Waals surface area contributed by atoms with Gasteiger partial charge in [-0.1, -0.05) is 25.7 Å². The average Bonchev–Trinajstić information content (AvgIpc) is 2.06. The summed E-state index contributed by atoms with van der Waals surface area (Å²) >= 11 is 0. The molecule has 0 bridgehead atoms. The van der Waals surface area contributed by atoms with Crippen molar-refractivity contribution in [3.8, 4) is 0 Å². The Morgan fingerprint density at radius 2 is 2.00 bits per heavy atom. The van der Waals surface area contributed by atoms with Crippen LogP contribution in [-0.4, -0.2) is 0 Å². The number of allylic oxidation sites excluding steroid dienone is 4. The second kappa shape index (κ2) is 3.88. The third kappa shape index (κ3) is 1.60. The molecule has 2 radical (unpaired) electrons. The SMILES string of the molecule is FC1=CCCC2CC=CCC12.[CH2]. The molecule has 0 aromatic carbocycles. The molecule has 0 saturated carbocycles. The lowest BCUT2D eigenvalue weighted by atomic mass is 9.76. The van der Waals surface area contributed by atoms with E-state index in [-0.39, 0.29) is 19.2 Å². The average molecular weight is 166 g/mol. The van der Waals surface area contributed by atoms with Crippen LogP contribution in [0.5, 0.6) is 0 Å². The van der Waals surface area contributed by atoms with E-state index in [1.54, 1.807) is 6.08 Å². The van der Waals surface area contributed by atoms with Crippen molar-refractivity contribution in [2.45, 2.75) is 25.7 Å². The fourth-order valence-corrected chi connectivity index (χ4v) is 2.11. The van der Waals surface area contributed by atoms with Gasteiger partial charge in [-0.2, -0.15) is 0 Å². The highest BCUT2D eigenvalue weighted by molar-refractivity contribution is 5.10. The molecule has 0 fully saturated rings. The molecule has 0 amide bonds. The number of halogens is 1. The van der Waals surface area contributed by atoms with Crippen molar-refractivity contribution in [3.05, 3.63) is 31.5 Å². The lowest BCUT2D eigenvalue weighted by Crippen LogP contribution is -2.20. The monoisotopic (exact) mass is 166 g/mol. The van der Waals surface area contributed by atoms with E-state index in [0.717, 1.165) is 19.3 Å². The molecular weight excluding hydrogens is 151 g/mol. The minimum Gasteiger partial charge on any atom is -0.212 e. The van der Waals surface area contributed by atoms with Crippen molar-refractivity contribution in [3.63, 3.8) is 0 Å². The van der Waals surface area contributed by atoms with Crippen molar-refractivity contribution in [1.29, 1.82) is 0 Å². The predicted molar refractivity (Wildman–Crippen MR) is 49.1 cm³/mol. The highest BCUT2D eigenvalue weighted by Crippen LogP contribution is 2.38. The summed E-state index contributed by atoms with van der Waals surface area (Å²) in [5.74, 6) is 0.976. The molecule has 0 spiro atoms. The van der Waals surface area contributed by atoms with Gasteiger partial charge in [0, 0.05) is 5.92 Å². The maximum Gasteiger partial charge on any atom is 0.0996 e. The first-order valence-corrected chi connectivity index (χ1v) is 4.38. The van der Waals surface area contributed by atoms with Crippen molar-refractivity contribution in [2.24, 2.45) is 11.8 Å². The van der Waals surface area contributed by atoms with Gasteiger partial charge in [0.25, 0.3) is 0 Å². The Kier molecular flexibility index (Phi) is 3.07. The molecule has 0 saturated heterocycles. The van der Waals surface area contributed by atoms with Crippen LogP contribution in [0.2, 0.25) is 0 Å². The first-order chi connectivity index (χ1) is 5.38. The smallest absolute Gasteiger partial charge is 0.0996 e. The molecule has 1 heteroatoms. The van der Waals surface area contributed by atoms with E-state index in [1.807, 2.05) is 0 Å². The zero-order valence-electron chi connectivity index (χ0n) is 7.30. The van der Waals surface area contributed by atoms with Crippen LogP contribution >= 0.6 is 0 Å². The standard InChI is InChI=1S/C10H13F.CH2/c11-10-7-3-5-8-4-1-2-6-9(8)10;/h1-2,7-9H,3-6H2;1H2. The highest BCUT2D eigenvalue weighted by atomic mass is 19.1. The normalized spacial score (nSPS) is 33.2. The fourth-order valence-electron chi connectivity index (χ4n) is 2.11. The molecular formula is C11H15F. The minimum absolute atomic E-state index is 0. The van der Waals surface area contributed by atoms with E-state index < -0.39 is 0 Å². The molecule has 0 N–H and O–H groups in total. The Balaban J connectivity index is 0.000000720. The third-order valence-corrected chi connectivity index (χ3v) is 2.80. The third-order valence-electron chi connectivity index (χ3n) is 2.80. The van der Waals surface area contributed by atoms with Gasteiger partial charge in [0.15, 0.2) is 0 Å². The zero-order valence-corrected chi connectivity index (χ0v) is 7.30. The van der Waals surface area contributed by atoms with Crippen LogP contribution in [0, 0.1) is 19.3 Å². The summed E-state index contributed by atoms with van der Waals surface area (Å²) in [5.41, 5.74) is 0. The van der Waals surface area contributed by atoms with Gasteiger partial charge in [0.1, 0.15) is 0 Å². The molecule has 2 rings (SSSR count). The van der Waals surface area contributed by atoms with Crippen LogP contribution in [0.15, 0.2) is 24.1 Å².